The number of carbonyl (C=O) groups is 2. The zero-order valence-corrected chi connectivity index (χ0v) is 19.4. The van der Waals surface area contributed by atoms with Crippen molar-refractivity contribution in [3.05, 3.63) is 59.4 Å². The van der Waals surface area contributed by atoms with E-state index in [0.29, 0.717) is 31.7 Å². The molecular weight excluding hydrogens is 510 g/mol. The number of sulfonamides is 1. The molecule has 0 spiro atoms. The van der Waals surface area contributed by atoms with Gasteiger partial charge in [-0.25, -0.2) is 22.7 Å². The van der Waals surface area contributed by atoms with Crippen LogP contribution in [-0.2, 0) is 21.4 Å². The van der Waals surface area contributed by atoms with Crippen LogP contribution in [0.4, 0.5) is 22.4 Å². The summed E-state index contributed by atoms with van der Waals surface area (Å²) in [6.07, 6.45) is -5.38. The van der Waals surface area contributed by atoms with Crippen molar-refractivity contribution < 1.29 is 45.0 Å². The van der Waals surface area contributed by atoms with Crippen LogP contribution in [0.15, 0.2) is 47.4 Å². The minimum Gasteiger partial charge on any atom is -0.445 e. The fraction of sp³-hybridized carbons (Fsp3) is 0.364. The smallest absolute Gasteiger partial charge is 0.445 e. The standard InChI is InChI=1S/C22H21F4N3O6S/c23-18-7-14(3-6-19(18)36(27,32)33)20(30)28-8-15-10-29(11-16(15)9-28)21(31)34-12-13-1-4-17(5-2-13)35-22(24,25)26/h1-7,15-16H,8-12H2,(H2,27,32,33). The van der Waals surface area contributed by atoms with E-state index in [1.165, 1.54) is 28.0 Å². The molecule has 2 amide bonds. The van der Waals surface area contributed by atoms with Crippen LogP contribution in [0, 0.1) is 17.7 Å². The lowest BCUT2D eigenvalue weighted by Gasteiger charge is -2.22. The lowest BCUT2D eigenvalue weighted by atomic mass is 10.0. The zero-order chi connectivity index (χ0) is 26.3. The minimum atomic E-state index is -4.80. The molecule has 36 heavy (non-hydrogen) atoms. The van der Waals surface area contributed by atoms with Crippen molar-refractivity contribution in [1.82, 2.24) is 9.80 Å². The van der Waals surface area contributed by atoms with E-state index in [1.807, 2.05) is 0 Å². The number of halogens is 4. The van der Waals surface area contributed by atoms with Crippen molar-refractivity contribution in [1.29, 1.82) is 0 Å². The highest BCUT2D eigenvalue weighted by atomic mass is 32.2. The molecule has 2 aliphatic rings. The first kappa shape index (κ1) is 25.7. The Kier molecular flexibility index (Phi) is 6.84. The second-order valence-corrected chi connectivity index (χ2v) is 10.1. The van der Waals surface area contributed by atoms with E-state index >= 15 is 0 Å². The van der Waals surface area contributed by atoms with E-state index in [9.17, 15) is 35.6 Å². The molecule has 2 N–H and O–H groups in total. The van der Waals surface area contributed by atoms with Gasteiger partial charge in [0, 0.05) is 43.6 Å². The monoisotopic (exact) mass is 531 g/mol. The first-order valence-electron chi connectivity index (χ1n) is 10.7. The molecule has 2 fully saturated rings. The third-order valence-corrected chi connectivity index (χ3v) is 6.98. The number of nitrogens with two attached hydrogens (primary N) is 1. The molecule has 0 aromatic heterocycles. The Morgan fingerprint density at radius 3 is 2.08 bits per heavy atom. The average molecular weight is 531 g/mol. The maximum Gasteiger partial charge on any atom is 0.573 e. The molecule has 2 atom stereocenters. The molecule has 0 aliphatic carbocycles. The van der Waals surface area contributed by atoms with Gasteiger partial charge in [0.15, 0.2) is 0 Å². The van der Waals surface area contributed by atoms with E-state index in [-0.39, 0.29) is 29.8 Å². The predicted molar refractivity (Wildman–Crippen MR) is 116 cm³/mol. The number of fused-ring (bicyclic) bond motifs is 1. The molecule has 2 heterocycles. The molecule has 2 saturated heterocycles. The van der Waals surface area contributed by atoms with Crippen LogP contribution >= 0.6 is 0 Å². The van der Waals surface area contributed by atoms with Crippen LogP contribution in [0.3, 0.4) is 0 Å². The summed E-state index contributed by atoms with van der Waals surface area (Å²) in [5.41, 5.74) is 0.470. The van der Waals surface area contributed by atoms with Gasteiger partial charge in [-0.3, -0.25) is 4.79 Å². The Hall–Kier alpha value is -3.39. The van der Waals surface area contributed by atoms with Crippen LogP contribution in [0.5, 0.6) is 5.75 Å². The predicted octanol–water partition coefficient (Wildman–Crippen LogP) is 2.71. The van der Waals surface area contributed by atoms with Crippen molar-refractivity contribution in [3.8, 4) is 5.75 Å². The van der Waals surface area contributed by atoms with Gasteiger partial charge in [-0.2, -0.15) is 0 Å². The zero-order valence-electron chi connectivity index (χ0n) is 18.6. The van der Waals surface area contributed by atoms with Crippen molar-refractivity contribution in [2.75, 3.05) is 26.2 Å². The summed E-state index contributed by atoms with van der Waals surface area (Å²) in [6.45, 7) is 1.19. The number of amides is 2. The van der Waals surface area contributed by atoms with Gasteiger partial charge in [0.25, 0.3) is 5.91 Å². The largest absolute Gasteiger partial charge is 0.573 e. The molecule has 4 rings (SSSR count). The topological polar surface area (TPSA) is 119 Å². The summed E-state index contributed by atoms with van der Waals surface area (Å²) in [5.74, 6) is -2.00. The number of rotatable bonds is 5. The maximum absolute atomic E-state index is 14.1. The van der Waals surface area contributed by atoms with Gasteiger partial charge in [0.2, 0.25) is 10.0 Å². The number of alkyl halides is 3. The first-order valence-corrected chi connectivity index (χ1v) is 12.2. The van der Waals surface area contributed by atoms with E-state index in [4.69, 9.17) is 9.88 Å². The molecule has 2 aromatic carbocycles. The third-order valence-electron chi connectivity index (χ3n) is 6.04. The Morgan fingerprint density at radius 1 is 0.972 bits per heavy atom. The van der Waals surface area contributed by atoms with Crippen molar-refractivity contribution in [3.63, 3.8) is 0 Å². The number of likely N-dealkylation sites (tertiary alicyclic amines) is 2. The number of ether oxygens (including phenoxy) is 2. The molecule has 0 bridgehead atoms. The molecule has 0 saturated carbocycles. The Labute approximate surface area is 203 Å². The summed E-state index contributed by atoms with van der Waals surface area (Å²) < 4.78 is 82.6. The van der Waals surface area contributed by atoms with Crippen molar-refractivity contribution in [2.24, 2.45) is 17.0 Å². The number of primary sulfonamides is 1. The fourth-order valence-corrected chi connectivity index (χ4v) is 4.97. The number of nitrogens with zero attached hydrogens (tertiary/aromatic N) is 2. The van der Waals surface area contributed by atoms with Gasteiger partial charge in [-0.05, 0) is 35.9 Å². The maximum atomic E-state index is 14.1. The van der Waals surface area contributed by atoms with E-state index < -0.39 is 39.1 Å². The van der Waals surface area contributed by atoms with E-state index in [1.54, 1.807) is 0 Å². The van der Waals surface area contributed by atoms with Gasteiger partial charge >= 0.3 is 12.5 Å². The Bertz CT molecular complexity index is 1260. The Morgan fingerprint density at radius 2 is 1.56 bits per heavy atom. The normalized spacial score (nSPS) is 19.8. The van der Waals surface area contributed by atoms with Crippen molar-refractivity contribution in [2.45, 2.75) is 17.9 Å². The molecular formula is C22H21F4N3O6S. The lowest BCUT2D eigenvalue weighted by Crippen LogP contribution is -2.36. The average Bonchev–Trinajstić information content (AvgIpc) is 3.35. The van der Waals surface area contributed by atoms with Crippen LogP contribution in [-0.4, -0.2) is 62.8 Å². The summed E-state index contributed by atoms with van der Waals surface area (Å²) in [6, 6.07) is 7.94. The quantitative estimate of drug-likeness (QED) is 0.593. The van der Waals surface area contributed by atoms with Gasteiger partial charge in [-0.1, -0.05) is 12.1 Å². The summed E-state index contributed by atoms with van der Waals surface area (Å²) in [4.78, 5) is 27.5. The Balaban J connectivity index is 1.28. The van der Waals surface area contributed by atoms with Gasteiger partial charge in [0.1, 0.15) is 23.1 Å². The molecule has 2 aliphatic heterocycles. The van der Waals surface area contributed by atoms with Gasteiger partial charge < -0.3 is 19.3 Å². The minimum absolute atomic E-state index is 0.0113. The van der Waals surface area contributed by atoms with Gasteiger partial charge in [0.05, 0.1) is 0 Å². The summed E-state index contributed by atoms with van der Waals surface area (Å²) >= 11 is 0. The highest BCUT2D eigenvalue weighted by molar-refractivity contribution is 7.89. The number of benzene rings is 2. The third kappa shape index (κ3) is 5.87. The van der Waals surface area contributed by atoms with E-state index in [0.717, 1.165) is 24.3 Å². The molecule has 14 heteroatoms. The lowest BCUT2D eigenvalue weighted by molar-refractivity contribution is -0.274. The molecule has 2 unspecified atom stereocenters. The first-order chi connectivity index (χ1) is 16.8. The second-order valence-electron chi connectivity index (χ2n) is 8.57. The van der Waals surface area contributed by atoms with Crippen LogP contribution in [0.2, 0.25) is 0 Å². The number of hydrogen-bond acceptors (Lipinski definition) is 6. The SMILES string of the molecule is NS(=O)(=O)c1ccc(C(=O)N2CC3CN(C(=O)OCc4ccc(OC(F)(F)F)cc4)CC3C2)cc1F. The van der Waals surface area contributed by atoms with Crippen LogP contribution in [0.1, 0.15) is 15.9 Å². The highest BCUT2D eigenvalue weighted by Crippen LogP contribution is 2.32. The highest BCUT2D eigenvalue weighted by Gasteiger charge is 2.43. The fourth-order valence-electron chi connectivity index (χ4n) is 4.38. The second kappa shape index (κ2) is 9.58. The van der Waals surface area contributed by atoms with Crippen LogP contribution < -0.4 is 9.88 Å². The molecule has 194 valence electrons. The summed E-state index contributed by atoms with van der Waals surface area (Å²) in [7, 11) is -4.25. The van der Waals surface area contributed by atoms with Crippen LogP contribution in [0.25, 0.3) is 0 Å². The molecule has 2 aromatic rings. The number of carbonyl (C=O) groups excluding carboxylic acids is 2. The molecule has 9 nitrogen and oxygen atoms in total. The molecule has 0 radical (unpaired) electrons. The number of hydrogen-bond donors (Lipinski definition) is 1. The summed E-state index contributed by atoms with van der Waals surface area (Å²) in [5, 5.41) is 4.94. The van der Waals surface area contributed by atoms with E-state index in [2.05, 4.69) is 4.74 Å². The van der Waals surface area contributed by atoms with Crippen molar-refractivity contribution >= 4 is 22.0 Å². The van der Waals surface area contributed by atoms with Gasteiger partial charge in [-0.15, -0.1) is 13.2 Å².